The van der Waals surface area contributed by atoms with Crippen LogP contribution in [0, 0.1) is 0 Å². The Morgan fingerprint density at radius 1 is 0.895 bits per heavy atom. The zero-order valence-corrected chi connectivity index (χ0v) is 22.3. The number of hydrogen-bond acceptors (Lipinski definition) is 5. The molecule has 1 aromatic heterocycles. The number of rotatable bonds is 13. The Morgan fingerprint density at radius 3 is 2.32 bits per heavy atom. The number of carbonyl (C=O) groups is 1. The molecule has 3 aromatic carbocycles. The van der Waals surface area contributed by atoms with E-state index in [9.17, 15) is 4.79 Å². The molecule has 0 aliphatic heterocycles. The Bertz CT molecular complexity index is 1350. The van der Waals surface area contributed by atoms with Gasteiger partial charge in [-0.1, -0.05) is 61.0 Å². The van der Waals surface area contributed by atoms with Crippen LogP contribution in [0.25, 0.3) is 17.1 Å². The molecule has 4 aromatic rings. The summed E-state index contributed by atoms with van der Waals surface area (Å²) in [5.74, 6) is 2.30. The van der Waals surface area contributed by atoms with Gasteiger partial charge in [0.15, 0.2) is 11.5 Å². The van der Waals surface area contributed by atoms with E-state index in [2.05, 4.69) is 52.4 Å². The molecule has 7 heteroatoms. The number of nitrogens with zero attached hydrogens (tertiary/aromatic N) is 2. The largest absolute Gasteiger partial charge is 0.493 e. The predicted octanol–water partition coefficient (Wildman–Crippen LogP) is 5.92. The number of hydrogen-bond donors (Lipinski definition) is 1. The highest BCUT2D eigenvalue weighted by Gasteiger charge is 2.17. The van der Waals surface area contributed by atoms with Crippen LogP contribution in [0.3, 0.4) is 0 Å². The van der Waals surface area contributed by atoms with Crippen molar-refractivity contribution >= 4 is 23.0 Å². The van der Waals surface area contributed by atoms with Gasteiger partial charge in [0.1, 0.15) is 5.82 Å². The lowest BCUT2D eigenvalue weighted by atomic mass is 10.1. The Balaban J connectivity index is 1.30. The van der Waals surface area contributed by atoms with Gasteiger partial charge in [-0.2, -0.15) is 0 Å². The zero-order valence-electron chi connectivity index (χ0n) is 22.3. The Kier molecular flexibility index (Phi) is 9.40. The average molecular weight is 514 g/mol. The van der Waals surface area contributed by atoms with E-state index in [4.69, 9.17) is 19.2 Å². The van der Waals surface area contributed by atoms with E-state index in [1.165, 1.54) is 26.9 Å². The Labute approximate surface area is 224 Å². The molecular formula is C31H35N3O4. The van der Waals surface area contributed by atoms with Crippen molar-refractivity contribution in [3.05, 3.63) is 89.8 Å². The number of para-hydroxylation sites is 2. The molecule has 1 amide bonds. The second kappa shape index (κ2) is 13.3. The Hall–Kier alpha value is -4.26. The van der Waals surface area contributed by atoms with E-state index in [-0.39, 0.29) is 5.91 Å². The van der Waals surface area contributed by atoms with Crippen LogP contribution < -0.4 is 19.5 Å². The minimum absolute atomic E-state index is 0.170. The minimum atomic E-state index is -0.170. The number of carbonyl (C=O) groups excluding carboxylic acids is 1. The number of aromatic nitrogens is 2. The summed E-state index contributed by atoms with van der Waals surface area (Å²) in [5, 5.41) is 2.99. The van der Waals surface area contributed by atoms with Gasteiger partial charge in [-0.3, -0.25) is 4.79 Å². The van der Waals surface area contributed by atoms with Gasteiger partial charge in [0.05, 0.1) is 32.4 Å². The SMILES string of the molecule is COc1cc(C(=O)NCCCCCc2nc3ccccc3n2C/C=C/c2ccccc2)cc(OC)c1OC. The molecule has 0 saturated heterocycles. The van der Waals surface area contributed by atoms with Gasteiger partial charge in [-0.15, -0.1) is 0 Å². The molecule has 1 N–H and O–H groups in total. The lowest BCUT2D eigenvalue weighted by molar-refractivity contribution is 0.0952. The fraction of sp³-hybridized carbons (Fsp3) is 0.290. The number of benzene rings is 3. The lowest BCUT2D eigenvalue weighted by Crippen LogP contribution is -2.24. The molecule has 0 fully saturated rings. The van der Waals surface area contributed by atoms with Gasteiger partial charge < -0.3 is 24.1 Å². The summed E-state index contributed by atoms with van der Waals surface area (Å²) >= 11 is 0. The van der Waals surface area contributed by atoms with Gasteiger partial charge in [0.25, 0.3) is 5.91 Å². The Morgan fingerprint density at radius 2 is 1.61 bits per heavy atom. The molecule has 4 rings (SSSR count). The van der Waals surface area contributed by atoms with E-state index < -0.39 is 0 Å². The van der Waals surface area contributed by atoms with E-state index in [0.717, 1.165) is 49.1 Å². The summed E-state index contributed by atoms with van der Waals surface area (Å²) < 4.78 is 18.3. The van der Waals surface area contributed by atoms with Crippen LogP contribution in [-0.4, -0.2) is 43.3 Å². The average Bonchev–Trinajstić information content (AvgIpc) is 3.31. The van der Waals surface area contributed by atoms with Gasteiger partial charge in [0.2, 0.25) is 5.75 Å². The van der Waals surface area contributed by atoms with E-state index >= 15 is 0 Å². The van der Waals surface area contributed by atoms with Crippen molar-refractivity contribution in [3.63, 3.8) is 0 Å². The lowest BCUT2D eigenvalue weighted by Gasteiger charge is -2.14. The van der Waals surface area contributed by atoms with Crippen molar-refractivity contribution in [1.29, 1.82) is 0 Å². The van der Waals surface area contributed by atoms with Crippen molar-refractivity contribution in [1.82, 2.24) is 14.9 Å². The maximum absolute atomic E-state index is 12.7. The number of unbranched alkanes of at least 4 members (excludes halogenated alkanes) is 2. The third kappa shape index (κ3) is 6.54. The van der Waals surface area contributed by atoms with Crippen LogP contribution in [0.4, 0.5) is 0 Å². The van der Waals surface area contributed by atoms with Crippen molar-refractivity contribution in [2.45, 2.75) is 32.2 Å². The third-order valence-electron chi connectivity index (χ3n) is 6.42. The van der Waals surface area contributed by atoms with E-state index in [0.29, 0.717) is 29.4 Å². The molecule has 0 atom stereocenters. The molecule has 0 bridgehead atoms. The summed E-state index contributed by atoms with van der Waals surface area (Å²) in [6, 6.07) is 21.9. The molecule has 0 aliphatic rings. The highest BCUT2D eigenvalue weighted by Crippen LogP contribution is 2.38. The number of nitrogens with one attached hydrogen (secondary N) is 1. The molecule has 0 unspecified atom stereocenters. The van der Waals surface area contributed by atoms with Crippen LogP contribution in [0.2, 0.25) is 0 Å². The first-order valence-electron chi connectivity index (χ1n) is 12.9. The number of amides is 1. The number of allylic oxidation sites excluding steroid dienone is 1. The zero-order chi connectivity index (χ0) is 26.7. The normalized spacial score (nSPS) is 11.1. The van der Waals surface area contributed by atoms with Gasteiger partial charge in [0, 0.05) is 25.1 Å². The topological polar surface area (TPSA) is 74.6 Å². The second-order valence-corrected chi connectivity index (χ2v) is 8.92. The monoisotopic (exact) mass is 513 g/mol. The summed E-state index contributed by atoms with van der Waals surface area (Å²) in [5.41, 5.74) is 3.83. The van der Waals surface area contributed by atoms with Crippen LogP contribution in [0.15, 0.2) is 72.8 Å². The van der Waals surface area contributed by atoms with Crippen molar-refractivity contribution in [2.75, 3.05) is 27.9 Å². The summed E-state index contributed by atoms with van der Waals surface area (Å²) in [6.07, 6.45) is 8.07. The van der Waals surface area contributed by atoms with Crippen LogP contribution >= 0.6 is 0 Å². The number of ether oxygens (including phenoxy) is 3. The third-order valence-corrected chi connectivity index (χ3v) is 6.42. The van der Waals surface area contributed by atoms with Crippen LogP contribution in [0.5, 0.6) is 17.2 Å². The maximum atomic E-state index is 12.7. The van der Waals surface area contributed by atoms with E-state index in [1.807, 2.05) is 24.3 Å². The summed E-state index contributed by atoms with van der Waals surface area (Å²) in [7, 11) is 4.61. The summed E-state index contributed by atoms with van der Waals surface area (Å²) in [6.45, 7) is 1.36. The maximum Gasteiger partial charge on any atom is 0.251 e. The summed E-state index contributed by atoms with van der Waals surface area (Å²) in [4.78, 5) is 17.6. The van der Waals surface area contributed by atoms with Gasteiger partial charge in [-0.05, 0) is 42.7 Å². The first kappa shape index (κ1) is 26.8. The highest BCUT2D eigenvalue weighted by atomic mass is 16.5. The van der Waals surface area contributed by atoms with Crippen molar-refractivity contribution in [2.24, 2.45) is 0 Å². The highest BCUT2D eigenvalue weighted by molar-refractivity contribution is 5.95. The smallest absolute Gasteiger partial charge is 0.251 e. The first-order valence-corrected chi connectivity index (χ1v) is 12.9. The predicted molar refractivity (Wildman–Crippen MR) is 151 cm³/mol. The van der Waals surface area contributed by atoms with Crippen LogP contribution in [-0.2, 0) is 13.0 Å². The second-order valence-electron chi connectivity index (χ2n) is 8.92. The standard InChI is InChI=1S/C31H35N3O4/c1-36-27-21-24(22-28(37-2)30(27)38-3)31(35)32-19-11-5-8-18-29-33-25-16-9-10-17-26(25)34(29)20-12-15-23-13-6-4-7-14-23/h4,6-7,9-10,12-17,21-22H,5,8,11,18-20H2,1-3H3,(H,32,35)/b15-12+. The van der Waals surface area contributed by atoms with Crippen molar-refractivity contribution < 1.29 is 19.0 Å². The number of methoxy groups -OCH3 is 3. The molecule has 1 heterocycles. The molecular weight excluding hydrogens is 478 g/mol. The van der Waals surface area contributed by atoms with Gasteiger partial charge in [-0.25, -0.2) is 4.98 Å². The molecule has 198 valence electrons. The molecule has 0 radical (unpaired) electrons. The van der Waals surface area contributed by atoms with Crippen molar-refractivity contribution in [3.8, 4) is 17.2 Å². The fourth-order valence-electron chi connectivity index (χ4n) is 4.48. The molecule has 38 heavy (non-hydrogen) atoms. The molecule has 0 saturated carbocycles. The van der Waals surface area contributed by atoms with E-state index in [1.54, 1.807) is 12.1 Å². The minimum Gasteiger partial charge on any atom is -0.493 e. The van der Waals surface area contributed by atoms with Gasteiger partial charge >= 0.3 is 0 Å². The first-order chi connectivity index (χ1) is 18.6. The quantitative estimate of drug-likeness (QED) is 0.225. The molecule has 7 nitrogen and oxygen atoms in total. The number of imidazole rings is 1. The van der Waals surface area contributed by atoms with Crippen LogP contribution in [0.1, 0.15) is 41.0 Å². The molecule has 0 spiro atoms. The number of fused-ring (bicyclic) bond motifs is 1. The number of aryl methyl sites for hydroxylation is 1. The molecule has 0 aliphatic carbocycles. The fourth-order valence-corrected chi connectivity index (χ4v) is 4.48.